The fourth-order valence-corrected chi connectivity index (χ4v) is 4.06. The lowest BCUT2D eigenvalue weighted by atomic mass is 10.1. The number of fused-ring (bicyclic) bond motifs is 1. The van der Waals surface area contributed by atoms with Crippen LogP contribution in [0.2, 0.25) is 5.02 Å². The molecule has 0 radical (unpaired) electrons. The third-order valence-electron chi connectivity index (χ3n) is 5.57. The molecule has 0 unspecified atom stereocenters. The van der Waals surface area contributed by atoms with Crippen molar-refractivity contribution in [3.05, 3.63) is 76.4 Å². The summed E-state index contributed by atoms with van der Waals surface area (Å²) in [5, 5.41) is 3.32. The van der Waals surface area contributed by atoms with Gasteiger partial charge in [0.1, 0.15) is 23.3 Å². The molecule has 1 aliphatic carbocycles. The van der Waals surface area contributed by atoms with E-state index in [0.717, 1.165) is 24.0 Å². The van der Waals surface area contributed by atoms with E-state index in [2.05, 4.69) is 10.3 Å². The van der Waals surface area contributed by atoms with Crippen LogP contribution in [0.15, 0.2) is 65.8 Å². The van der Waals surface area contributed by atoms with E-state index in [1.165, 1.54) is 7.11 Å². The number of nitrogens with zero attached hydrogens (tertiary/aromatic N) is 3. The summed E-state index contributed by atoms with van der Waals surface area (Å²) in [7, 11) is 1.52. The lowest BCUT2D eigenvalue weighted by molar-refractivity contribution is -0.116. The average Bonchev–Trinajstić information content (AvgIpc) is 3.56. The van der Waals surface area contributed by atoms with Crippen LogP contribution in [-0.4, -0.2) is 27.1 Å². The van der Waals surface area contributed by atoms with Gasteiger partial charge in [-0.3, -0.25) is 14.2 Å². The predicted molar refractivity (Wildman–Crippen MR) is 124 cm³/mol. The Hall–Kier alpha value is -3.58. The van der Waals surface area contributed by atoms with Gasteiger partial charge in [0.15, 0.2) is 0 Å². The second kappa shape index (κ2) is 8.16. The van der Waals surface area contributed by atoms with E-state index >= 15 is 0 Å². The fourth-order valence-electron chi connectivity index (χ4n) is 3.88. The van der Waals surface area contributed by atoms with Crippen LogP contribution in [0.3, 0.4) is 0 Å². The van der Waals surface area contributed by atoms with E-state index in [-0.39, 0.29) is 24.1 Å². The normalized spacial score (nSPS) is 13.3. The van der Waals surface area contributed by atoms with E-state index in [4.69, 9.17) is 16.3 Å². The van der Waals surface area contributed by atoms with E-state index in [9.17, 15) is 9.59 Å². The van der Waals surface area contributed by atoms with Gasteiger partial charge in [-0.05, 0) is 36.6 Å². The lowest BCUT2D eigenvalue weighted by Crippen LogP contribution is -2.24. The molecule has 1 N–H and O–H groups in total. The highest BCUT2D eigenvalue weighted by atomic mass is 35.5. The minimum absolute atomic E-state index is 0.0510. The number of halogens is 1. The zero-order chi connectivity index (χ0) is 22.2. The Morgan fingerprint density at radius 3 is 2.72 bits per heavy atom. The number of hydrogen-bond donors (Lipinski definition) is 1. The highest BCUT2D eigenvalue weighted by Gasteiger charge is 2.27. The van der Waals surface area contributed by atoms with Crippen LogP contribution in [0.25, 0.3) is 22.2 Å². The Labute approximate surface area is 189 Å². The van der Waals surface area contributed by atoms with Gasteiger partial charge < -0.3 is 14.6 Å². The first kappa shape index (κ1) is 20.3. The second-order valence-corrected chi connectivity index (χ2v) is 8.25. The zero-order valence-electron chi connectivity index (χ0n) is 17.4. The number of ether oxygens (including phenoxy) is 1. The van der Waals surface area contributed by atoms with Crippen molar-refractivity contribution in [1.82, 2.24) is 14.1 Å². The van der Waals surface area contributed by atoms with Gasteiger partial charge in [0.2, 0.25) is 5.91 Å². The average molecular weight is 449 g/mol. The predicted octanol–water partition coefficient (Wildman–Crippen LogP) is 4.50. The standard InChI is InChI=1S/C24H21ClN4O3/c1-32-20-10-7-16(25)11-19(20)27-21(30)13-28-12-18(15-5-3-2-4-6-15)22-23(28)24(31)29(14-26-22)17-8-9-17/h2-7,10-12,14,17H,8-9,13H2,1H3,(H,27,30). The summed E-state index contributed by atoms with van der Waals surface area (Å²) in [4.78, 5) is 30.8. The van der Waals surface area contributed by atoms with Crippen molar-refractivity contribution in [1.29, 1.82) is 0 Å². The maximum Gasteiger partial charge on any atom is 0.278 e. The molecule has 1 amide bonds. The van der Waals surface area contributed by atoms with E-state index in [0.29, 0.717) is 27.5 Å². The smallest absolute Gasteiger partial charge is 0.278 e. The Balaban J connectivity index is 1.56. The summed E-state index contributed by atoms with van der Waals surface area (Å²) in [6, 6.07) is 14.9. The number of amides is 1. The SMILES string of the molecule is COc1ccc(Cl)cc1NC(=O)Cn1cc(-c2ccccc2)c2ncn(C3CC3)c(=O)c21. The van der Waals surface area contributed by atoms with Gasteiger partial charge >= 0.3 is 0 Å². The Morgan fingerprint density at radius 1 is 1.22 bits per heavy atom. The quantitative estimate of drug-likeness (QED) is 0.471. The third-order valence-corrected chi connectivity index (χ3v) is 5.81. The first-order valence-electron chi connectivity index (χ1n) is 10.3. The van der Waals surface area contributed by atoms with Crippen molar-refractivity contribution in [3.63, 3.8) is 0 Å². The van der Waals surface area contributed by atoms with Gasteiger partial charge in [-0.25, -0.2) is 4.98 Å². The molecule has 0 atom stereocenters. The van der Waals surface area contributed by atoms with Gasteiger partial charge in [-0.1, -0.05) is 41.9 Å². The monoisotopic (exact) mass is 448 g/mol. The molecule has 0 aliphatic heterocycles. The Bertz CT molecular complexity index is 1370. The summed E-state index contributed by atoms with van der Waals surface area (Å²) in [5.74, 6) is 0.200. The summed E-state index contributed by atoms with van der Waals surface area (Å²) < 4.78 is 8.66. The number of methoxy groups -OCH3 is 1. The molecule has 1 saturated carbocycles. The van der Waals surface area contributed by atoms with Crippen LogP contribution in [0.1, 0.15) is 18.9 Å². The van der Waals surface area contributed by atoms with Crippen LogP contribution in [0.5, 0.6) is 5.75 Å². The molecule has 1 aliphatic rings. The Morgan fingerprint density at radius 2 is 2.00 bits per heavy atom. The van der Waals surface area contributed by atoms with Crippen molar-refractivity contribution in [3.8, 4) is 16.9 Å². The number of aromatic nitrogens is 3. The van der Waals surface area contributed by atoms with Crippen LogP contribution >= 0.6 is 11.6 Å². The van der Waals surface area contributed by atoms with Crippen LogP contribution in [0.4, 0.5) is 5.69 Å². The first-order chi connectivity index (χ1) is 15.5. The Kier molecular flexibility index (Phi) is 5.19. The zero-order valence-corrected chi connectivity index (χ0v) is 18.2. The highest BCUT2D eigenvalue weighted by molar-refractivity contribution is 6.31. The maximum atomic E-state index is 13.3. The molecule has 8 heteroatoms. The molecule has 5 rings (SSSR count). The van der Waals surface area contributed by atoms with Crippen LogP contribution in [-0.2, 0) is 11.3 Å². The molecule has 0 bridgehead atoms. The van der Waals surface area contributed by atoms with E-state index in [1.807, 2.05) is 36.5 Å². The number of rotatable bonds is 6. The topological polar surface area (TPSA) is 78.2 Å². The lowest BCUT2D eigenvalue weighted by Gasteiger charge is -2.11. The number of carbonyl (C=O) groups is 1. The molecule has 1 fully saturated rings. The molecule has 0 spiro atoms. The summed E-state index contributed by atoms with van der Waals surface area (Å²) in [6.45, 7) is -0.0510. The van der Waals surface area contributed by atoms with Crippen LogP contribution in [0, 0.1) is 0 Å². The van der Waals surface area contributed by atoms with Crippen molar-refractivity contribution >= 4 is 34.2 Å². The van der Waals surface area contributed by atoms with Gasteiger partial charge in [0, 0.05) is 22.8 Å². The molecule has 2 aromatic heterocycles. The molecule has 0 saturated heterocycles. The molecule has 2 aromatic carbocycles. The highest BCUT2D eigenvalue weighted by Crippen LogP contribution is 2.34. The summed E-state index contributed by atoms with van der Waals surface area (Å²) in [6.07, 6.45) is 5.37. The van der Waals surface area contributed by atoms with E-state index in [1.54, 1.807) is 33.7 Å². The molecule has 2 heterocycles. The largest absolute Gasteiger partial charge is 0.495 e. The van der Waals surface area contributed by atoms with Crippen molar-refractivity contribution < 1.29 is 9.53 Å². The van der Waals surface area contributed by atoms with E-state index < -0.39 is 0 Å². The van der Waals surface area contributed by atoms with Gasteiger partial charge in [0.25, 0.3) is 5.56 Å². The first-order valence-corrected chi connectivity index (χ1v) is 10.7. The van der Waals surface area contributed by atoms with Gasteiger partial charge in [0.05, 0.1) is 19.1 Å². The minimum Gasteiger partial charge on any atom is -0.495 e. The molecular formula is C24H21ClN4O3. The summed E-state index contributed by atoms with van der Waals surface area (Å²) >= 11 is 6.08. The third kappa shape index (κ3) is 3.76. The molecule has 32 heavy (non-hydrogen) atoms. The number of hydrogen-bond acceptors (Lipinski definition) is 4. The molecular weight excluding hydrogens is 428 g/mol. The minimum atomic E-state index is -0.302. The van der Waals surface area contributed by atoms with Crippen molar-refractivity contribution in [2.75, 3.05) is 12.4 Å². The molecule has 4 aromatic rings. The van der Waals surface area contributed by atoms with Crippen molar-refractivity contribution in [2.24, 2.45) is 0 Å². The number of carbonyl (C=O) groups excluding carboxylic acids is 1. The fraction of sp³-hybridized carbons (Fsp3) is 0.208. The molecule has 162 valence electrons. The van der Waals surface area contributed by atoms with Crippen LogP contribution < -0.4 is 15.6 Å². The molecule has 7 nitrogen and oxygen atoms in total. The van der Waals surface area contributed by atoms with Crippen molar-refractivity contribution in [2.45, 2.75) is 25.4 Å². The summed E-state index contributed by atoms with van der Waals surface area (Å²) in [5.41, 5.74) is 3.10. The maximum absolute atomic E-state index is 13.3. The second-order valence-electron chi connectivity index (χ2n) is 7.81. The van der Waals surface area contributed by atoms with Gasteiger partial charge in [-0.15, -0.1) is 0 Å². The number of anilines is 1. The van der Waals surface area contributed by atoms with Gasteiger partial charge in [-0.2, -0.15) is 0 Å². The number of nitrogens with one attached hydrogen (secondary N) is 1. The number of benzene rings is 2.